The van der Waals surface area contributed by atoms with Crippen molar-refractivity contribution in [2.75, 3.05) is 33.9 Å². The molecule has 2 fully saturated rings. The number of hydrogen-bond donors (Lipinski definition) is 1. The second kappa shape index (κ2) is 6.67. The fraction of sp³-hybridized carbons (Fsp3) is 0.647. The highest BCUT2D eigenvalue weighted by molar-refractivity contribution is 5.40. The van der Waals surface area contributed by atoms with Crippen molar-refractivity contribution in [1.29, 1.82) is 0 Å². The first-order chi connectivity index (χ1) is 10.3. The van der Waals surface area contributed by atoms with Crippen molar-refractivity contribution in [1.82, 2.24) is 10.2 Å². The molecule has 4 nitrogen and oxygen atoms in total. The Morgan fingerprint density at radius 3 is 2.76 bits per heavy atom. The molecule has 0 amide bonds. The Kier molecular flexibility index (Phi) is 4.66. The highest BCUT2D eigenvalue weighted by atomic mass is 16.5. The molecule has 1 aliphatic heterocycles. The number of nitrogens with one attached hydrogen (secondary N) is 1. The Labute approximate surface area is 127 Å². The smallest absolute Gasteiger partial charge is 0.123 e. The molecule has 1 unspecified atom stereocenters. The van der Waals surface area contributed by atoms with Gasteiger partial charge in [-0.3, -0.25) is 0 Å². The SMILES string of the molecule is COc1ccc(OC)c(CNCC2CCN(C3CC3)C2)c1. The summed E-state index contributed by atoms with van der Waals surface area (Å²) in [5.74, 6) is 2.60. The van der Waals surface area contributed by atoms with Crippen molar-refractivity contribution in [2.45, 2.75) is 31.8 Å². The van der Waals surface area contributed by atoms with Crippen LogP contribution in [0.2, 0.25) is 0 Å². The Morgan fingerprint density at radius 1 is 1.19 bits per heavy atom. The molecule has 2 aliphatic rings. The number of hydrogen-bond acceptors (Lipinski definition) is 4. The minimum Gasteiger partial charge on any atom is -0.497 e. The van der Waals surface area contributed by atoms with Crippen LogP contribution in [0.3, 0.4) is 0 Å². The predicted molar refractivity (Wildman–Crippen MR) is 84.0 cm³/mol. The van der Waals surface area contributed by atoms with Crippen molar-refractivity contribution >= 4 is 0 Å². The van der Waals surface area contributed by atoms with Gasteiger partial charge < -0.3 is 19.7 Å². The van der Waals surface area contributed by atoms with Gasteiger partial charge in [-0.2, -0.15) is 0 Å². The molecule has 21 heavy (non-hydrogen) atoms. The summed E-state index contributed by atoms with van der Waals surface area (Å²) in [5.41, 5.74) is 1.16. The van der Waals surface area contributed by atoms with Crippen LogP contribution >= 0.6 is 0 Å². The molecule has 1 heterocycles. The maximum atomic E-state index is 5.42. The molecule has 1 aromatic rings. The van der Waals surface area contributed by atoms with E-state index in [2.05, 4.69) is 16.3 Å². The van der Waals surface area contributed by atoms with E-state index in [-0.39, 0.29) is 0 Å². The van der Waals surface area contributed by atoms with Crippen molar-refractivity contribution in [3.05, 3.63) is 23.8 Å². The lowest BCUT2D eigenvalue weighted by atomic mass is 10.1. The molecule has 1 atom stereocenters. The van der Waals surface area contributed by atoms with E-state index < -0.39 is 0 Å². The van der Waals surface area contributed by atoms with E-state index in [9.17, 15) is 0 Å². The second-order valence-corrected chi connectivity index (χ2v) is 6.19. The molecule has 0 bridgehead atoms. The highest BCUT2D eigenvalue weighted by Crippen LogP contribution is 2.31. The summed E-state index contributed by atoms with van der Waals surface area (Å²) in [6, 6.07) is 6.87. The minimum absolute atomic E-state index is 0.794. The topological polar surface area (TPSA) is 33.7 Å². The normalized spacial score (nSPS) is 22.5. The van der Waals surface area contributed by atoms with Crippen LogP contribution in [0.25, 0.3) is 0 Å². The molecular formula is C17H26N2O2. The Hall–Kier alpha value is -1.26. The van der Waals surface area contributed by atoms with Gasteiger partial charge >= 0.3 is 0 Å². The zero-order valence-electron chi connectivity index (χ0n) is 13.1. The summed E-state index contributed by atoms with van der Waals surface area (Å²) in [6.45, 7) is 4.48. The van der Waals surface area contributed by atoms with E-state index >= 15 is 0 Å². The van der Waals surface area contributed by atoms with Crippen LogP contribution < -0.4 is 14.8 Å². The van der Waals surface area contributed by atoms with Gasteiger partial charge in [-0.1, -0.05) is 0 Å². The molecule has 1 aliphatic carbocycles. The van der Waals surface area contributed by atoms with Crippen molar-refractivity contribution < 1.29 is 9.47 Å². The molecule has 4 heteroatoms. The Morgan fingerprint density at radius 2 is 2.05 bits per heavy atom. The first-order valence-electron chi connectivity index (χ1n) is 7.96. The standard InChI is InChI=1S/C17H26N2O2/c1-20-16-5-6-17(21-2)14(9-16)11-18-10-13-7-8-19(12-13)15-3-4-15/h5-6,9,13,15,18H,3-4,7-8,10-12H2,1-2H3. The Balaban J connectivity index is 1.48. The third kappa shape index (κ3) is 3.69. The number of rotatable bonds is 7. The van der Waals surface area contributed by atoms with Gasteiger partial charge in [0.1, 0.15) is 11.5 Å². The van der Waals surface area contributed by atoms with Crippen LogP contribution in [-0.2, 0) is 6.54 Å². The van der Waals surface area contributed by atoms with Crippen LogP contribution in [0.1, 0.15) is 24.8 Å². The molecule has 0 spiro atoms. The van der Waals surface area contributed by atoms with Gasteiger partial charge in [-0.05, 0) is 56.5 Å². The number of nitrogens with zero attached hydrogens (tertiary/aromatic N) is 1. The van der Waals surface area contributed by atoms with Crippen LogP contribution in [0.4, 0.5) is 0 Å². The van der Waals surface area contributed by atoms with Gasteiger partial charge in [-0.15, -0.1) is 0 Å². The molecule has 1 saturated carbocycles. The minimum atomic E-state index is 0.794. The monoisotopic (exact) mass is 290 g/mol. The highest BCUT2D eigenvalue weighted by Gasteiger charge is 2.33. The van der Waals surface area contributed by atoms with Gasteiger partial charge in [0.2, 0.25) is 0 Å². The van der Waals surface area contributed by atoms with Gasteiger partial charge in [0.15, 0.2) is 0 Å². The zero-order valence-corrected chi connectivity index (χ0v) is 13.1. The molecular weight excluding hydrogens is 264 g/mol. The third-order valence-corrected chi connectivity index (χ3v) is 4.62. The van der Waals surface area contributed by atoms with Crippen LogP contribution in [0, 0.1) is 5.92 Å². The number of benzene rings is 1. The summed E-state index contributed by atoms with van der Waals surface area (Å²) < 4.78 is 10.7. The van der Waals surface area contributed by atoms with E-state index in [0.29, 0.717) is 0 Å². The van der Waals surface area contributed by atoms with Gasteiger partial charge in [0, 0.05) is 24.7 Å². The zero-order chi connectivity index (χ0) is 14.7. The lowest BCUT2D eigenvalue weighted by Gasteiger charge is -2.16. The van der Waals surface area contributed by atoms with Crippen molar-refractivity contribution in [3.8, 4) is 11.5 Å². The Bertz CT molecular complexity index is 474. The van der Waals surface area contributed by atoms with Crippen molar-refractivity contribution in [2.24, 2.45) is 5.92 Å². The molecule has 1 aromatic carbocycles. The van der Waals surface area contributed by atoms with E-state index in [1.807, 2.05) is 12.1 Å². The average Bonchev–Trinajstić information content (AvgIpc) is 3.27. The molecule has 1 N–H and O–H groups in total. The maximum Gasteiger partial charge on any atom is 0.123 e. The average molecular weight is 290 g/mol. The maximum absolute atomic E-state index is 5.42. The molecule has 0 radical (unpaired) electrons. The largest absolute Gasteiger partial charge is 0.497 e. The summed E-state index contributed by atoms with van der Waals surface area (Å²) in [5, 5.41) is 3.59. The van der Waals surface area contributed by atoms with E-state index in [1.165, 1.54) is 32.4 Å². The van der Waals surface area contributed by atoms with E-state index in [4.69, 9.17) is 9.47 Å². The number of likely N-dealkylation sites (tertiary alicyclic amines) is 1. The molecule has 1 saturated heterocycles. The van der Waals surface area contributed by atoms with Gasteiger partial charge in [0.05, 0.1) is 14.2 Å². The summed E-state index contributed by atoms with van der Waals surface area (Å²) in [7, 11) is 3.42. The first kappa shape index (κ1) is 14.7. The van der Waals surface area contributed by atoms with Crippen molar-refractivity contribution in [3.63, 3.8) is 0 Å². The number of methoxy groups -OCH3 is 2. The lowest BCUT2D eigenvalue weighted by Crippen LogP contribution is -2.27. The fourth-order valence-corrected chi connectivity index (χ4v) is 3.23. The summed E-state index contributed by atoms with van der Waals surface area (Å²) >= 11 is 0. The van der Waals surface area contributed by atoms with Gasteiger partial charge in [0.25, 0.3) is 0 Å². The second-order valence-electron chi connectivity index (χ2n) is 6.19. The van der Waals surface area contributed by atoms with Gasteiger partial charge in [-0.25, -0.2) is 0 Å². The third-order valence-electron chi connectivity index (χ3n) is 4.62. The van der Waals surface area contributed by atoms with Crippen LogP contribution in [0.15, 0.2) is 18.2 Å². The lowest BCUT2D eigenvalue weighted by molar-refractivity contribution is 0.311. The fourth-order valence-electron chi connectivity index (χ4n) is 3.23. The summed E-state index contributed by atoms with van der Waals surface area (Å²) in [4.78, 5) is 2.67. The quantitative estimate of drug-likeness (QED) is 0.835. The summed E-state index contributed by atoms with van der Waals surface area (Å²) in [6.07, 6.45) is 4.17. The van der Waals surface area contributed by atoms with Crippen LogP contribution in [-0.4, -0.2) is 44.8 Å². The molecule has 3 rings (SSSR count). The first-order valence-corrected chi connectivity index (χ1v) is 7.96. The van der Waals surface area contributed by atoms with E-state index in [0.717, 1.165) is 42.1 Å². The predicted octanol–water partition coefficient (Wildman–Crippen LogP) is 2.28. The molecule has 0 aromatic heterocycles. The van der Waals surface area contributed by atoms with E-state index in [1.54, 1.807) is 14.2 Å². The van der Waals surface area contributed by atoms with Crippen LogP contribution in [0.5, 0.6) is 11.5 Å². The number of ether oxygens (including phenoxy) is 2. The molecule has 116 valence electrons.